The molecule has 0 aliphatic rings. The highest BCUT2D eigenvalue weighted by Gasteiger charge is 2.11. The summed E-state index contributed by atoms with van der Waals surface area (Å²) in [6, 6.07) is 11.1. The first-order valence-electron chi connectivity index (χ1n) is 7.34. The molecule has 0 aliphatic carbocycles. The molecule has 2 heterocycles. The van der Waals surface area contributed by atoms with Gasteiger partial charge in [0, 0.05) is 55.0 Å². The van der Waals surface area contributed by atoms with Crippen LogP contribution in [0.15, 0.2) is 58.0 Å². The van der Waals surface area contributed by atoms with Gasteiger partial charge in [-0.25, -0.2) is 9.36 Å². The van der Waals surface area contributed by atoms with Crippen molar-refractivity contribution in [2.24, 2.45) is 0 Å². The number of hydrogen-bond donors (Lipinski definition) is 0. The Labute approximate surface area is 134 Å². The monoisotopic (exact) mass is 311 g/mol. The van der Waals surface area contributed by atoms with Crippen LogP contribution in [0.1, 0.15) is 5.56 Å². The number of ether oxygens (including phenoxy) is 1. The predicted molar refractivity (Wildman–Crippen MR) is 89.1 cm³/mol. The second kappa shape index (κ2) is 6.12. The van der Waals surface area contributed by atoms with Crippen molar-refractivity contribution in [3.63, 3.8) is 0 Å². The average Bonchev–Trinajstić information content (AvgIpc) is 2.54. The molecule has 0 aliphatic heterocycles. The molecule has 1 aromatic carbocycles. The van der Waals surface area contributed by atoms with Crippen LogP contribution >= 0.6 is 0 Å². The van der Waals surface area contributed by atoms with Crippen molar-refractivity contribution in [2.75, 3.05) is 26.1 Å². The van der Waals surface area contributed by atoms with Gasteiger partial charge in [0.15, 0.2) is 18.9 Å². The summed E-state index contributed by atoms with van der Waals surface area (Å²) in [6.07, 6.45) is 4.00. The maximum absolute atomic E-state index is 11.8. The lowest BCUT2D eigenvalue weighted by Gasteiger charge is -2.10. The zero-order chi connectivity index (χ0) is 16.4. The topological polar surface area (TPSA) is 46.6 Å². The van der Waals surface area contributed by atoms with E-state index in [9.17, 15) is 4.79 Å². The van der Waals surface area contributed by atoms with Gasteiger partial charge in [-0.05, 0) is 12.1 Å². The number of fused-ring (bicyclic) bond motifs is 1. The maximum Gasteiger partial charge on any atom is 0.336 e. The molecule has 0 amide bonds. The first kappa shape index (κ1) is 15.1. The Bertz CT molecular complexity index is 883. The third kappa shape index (κ3) is 3.18. The molecule has 0 atom stereocenters. The van der Waals surface area contributed by atoms with Crippen molar-refractivity contribution in [1.82, 2.24) is 0 Å². The van der Waals surface area contributed by atoms with Gasteiger partial charge in [0.05, 0.1) is 7.11 Å². The van der Waals surface area contributed by atoms with Crippen LogP contribution in [0.4, 0.5) is 5.69 Å². The van der Waals surface area contributed by atoms with Gasteiger partial charge >= 0.3 is 5.63 Å². The standard InChI is InChI=1S/C18H19N2O3/c1-19(2)14-6-8-20(9-7-14)12-13-10-18(21)23-17-11-15(22-3)4-5-16(13)17/h4-11H,12H2,1-3H3/q+1. The Hall–Kier alpha value is -2.82. The second-order valence-corrected chi connectivity index (χ2v) is 5.58. The minimum absolute atomic E-state index is 0.355. The van der Waals surface area contributed by atoms with Crippen molar-refractivity contribution >= 4 is 16.7 Å². The van der Waals surface area contributed by atoms with E-state index in [2.05, 4.69) is 0 Å². The highest BCUT2D eigenvalue weighted by molar-refractivity contribution is 5.81. The van der Waals surface area contributed by atoms with Gasteiger partial charge < -0.3 is 14.1 Å². The first-order chi connectivity index (χ1) is 11.1. The number of hydrogen-bond acceptors (Lipinski definition) is 4. The summed E-state index contributed by atoms with van der Waals surface area (Å²) in [4.78, 5) is 13.9. The normalized spacial score (nSPS) is 10.7. The Morgan fingerprint density at radius 1 is 1.13 bits per heavy atom. The fraction of sp³-hybridized carbons (Fsp3) is 0.222. The summed E-state index contributed by atoms with van der Waals surface area (Å²) in [6.45, 7) is 0.599. The van der Waals surface area contributed by atoms with Crippen LogP contribution in [0.3, 0.4) is 0 Å². The molecule has 23 heavy (non-hydrogen) atoms. The number of pyridine rings is 1. The molecule has 0 radical (unpaired) electrons. The molecule has 3 aromatic rings. The molecule has 0 bridgehead atoms. The zero-order valence-corrected chi connectivity index (χ0v) is 13.4. The number of methoxy groups -OCH3 is 1. The van der Waals surface area contributed by atoms with Gasteiger partial charge in [-0.15, -0.1) is 0 Å². The van der Waals surface area contributed by atoms with E-state index in [1.54, 1.807) is 19.2 Å². The predicted octanol–water partition coefficient (Wildman–Crippen LogP) is 2.20. The van der Waals surface area contributed by atoms with E-state index >= 15 is 0 Å². The maximum atomic E-state index is 11.8. The molecule has 0 fully saturated rings. The van der Waals surface area contributed by atoms with Gasteiger partial charge in [0.2, 0.25) is 0 Å². The van der Waals surface area contributed by atoms with Crippen LogP contribution < -0.4 is 19.8 Å². The number of rotatable bonds is 4. The molecule has 5 heteroatoms. The van der Waals surface area contributed by atoms with Crippen LogP contribution in [0.2, 0.25) is 0 Å². The van der Waals surface area contributed by atoms with E-state index < -0.39 is 0 Å². The summed E-state index contributed by atoms with van der Waals surface area (Å²) in [5, 5.41) is 0.912. The Morgan fingerprint density at radius 3 is 2.52 bits per heavy atom. The van der Waals surface area contributed by atoms with Crippen LogP contribution in [0.5, 0.6) is 5.75 Å². The molecule has 5 nitrogen and oxygen atoms in total. The number of aromatic nitrogens is 1. The first-order valence-corrected chi connectivity index (χ1v) is 7.34. The molecule has 0 saturated carbocycles. The summed E-state index contributed by atoms with van der Waals surface area (Å²) in [7, 11) is 5.59. The van der Waals surface area contributed by atoms with Crippen LogP contribution in [0, 0.1) is 0 Å². The van der Waals surface area contributed by atoms with Crippen molar-refractivity contribution in [3.05, 3.63) is 64.8 Å². The molecule has 118 valence electrons. The van der Waals surface area contributed by atoms with E-state index in [4.69, 9.17) is 9.15 Å². The summed E-state index contributed by atoms with van der Waals surface area (Å²) < 4.78 is 12.5. The van der Waals surface area contributed by atoms with Gasteiger partial charge in [-0.3, -0.25) is 0 Å². The third-order valence-electron chi connectivity index (χ3n) is 3.78. The van der Waals surface area contributed by atoms with Crippen LogP contribution in [0.25, 0.3) is 11.0 Å². The smallest absolute Gasteiger partial charge is 0.336 e. The van der Waals surface area contributed by atoms with Crippen molar-refractivity contribution in [2.45, 2.75) is 6.54 Å². The number of nitrogens with zero attached hydrogens (tertiary/aromatic N) is 2. The fourth-order valence-electron chi connectivity index (χ4n) is 2.52. The number of benzene rings is 1. The molecular weight excluding hydrogens is 292 g/mol. The lowest BCUT2D eigenvalue weighted by Crippen LogP contribution is -2.34. The highest BCUT2D eigenvalue weighted by atomic mass is 16.5. The fourth-order valence-corrected chi connectivity index (χ4v) is 2.52. The van der Waals surface area contributed by atoms with Crippen LogP contribution in [-0.2, 0) is 6.54 Å². The highest BCUT2D eigenvalue weighted by Crippen LogP contribution is 2.22. The molecule has 0 N–H and O–H groups in total. The molecule has 0 spiro atoms. The summed E-state index contributed by atoms with van der Waals surface area (Å²) >= 11 is 0. The van der Waals surface area contributed by atoms with Crippen LogP contribution in [-0.4, -0.2) is 21.2 Å². The van der Waals surface area contributed by atoms with E-state index in [1.807, 2.05) is 60.2 Å². The SMILES string of the molecule is COc1ccc2c(C[n+]3ccc(N(C)C)cc3)cc(=O)oc2c1. The molecule has 0 saturated heterocycles. The second-order valence-electron chi connectivity index (χ2n) is 5.58. The van der Waals surface area contributed by atoms with Gasteiger partial charge in [-0.1, -0.05) is 0 Å². The van der Waals surface area contributed by atoms with E-state index in [0.717, 1.165) is 16.6 Å². The van der Waals surface area contributed by atoms with E-state index in [0.29, 0.717) is 17.9 Å². The lowest BCUT2D eigenvalue weighted by atomic mass is 10.1. The van der Waals surface area contributed by atoms with Gasteiger partial charge in [0.1, 0.15) is 11.3 Å². The van der Waals surface area contributed by atoms with Crippen molar-refractivity contribution < 1.29 is 13.7 Å². The van der Waals surface area contributed by atoms with Gasteiger partial charge in [-0.2, -0.15) is 0 Å². The summed E-state index contributed by atoms with van der Waals surface area (Å²) in [5.74, 6) is 0.667. The Kier molecular flexibility index (Phi) is 4.02. The average molecular weight is 311 g/mol. The summed E-state index contributed by atoms with van der Waals surface area (Å²) in [5.41, 5.74) is 2.23. The van der Waals surface area contributed by atoms with Crippen molar-refractivity contribution in [1.29, 1.82) is 0 Å². The molecule has 0 unspecified atom stereocenters. The number of anilines is 1. The van der Waals surface area contributed by atoms with E-state index in [-0.39, 0.29) is 5.63 Å². The Morgan fingerprint density at radius 2 is 1.87 bits per heavy atom. The molecule has 2 aromatic heterocycles. The van der Waals surface area contributed by atoms with E-state index in [1.165, 1.54) is 0 Å². The quantitative estimate of drug-likeness (QED) is 0.547. The lowest BCUT2D eigenvalue weighted by molar-refractivity contribution is -0.688. The zero-order valence-electron chi connectivity index (χ0n) is 13.4. The van der Waals surface area contributed by atoms with Gasteiger partial charge in [0.25, 0.3) is 0 Å². The molecule has 3 rings (SSSR count). The van der Waals surface area contributed by atoms with Crippen molar-refractivity contribution in [3.8, 4) is 5.75 Å². The molecular formula is C18H19N2O3+. The minimum Gasteiger partial charge on any atom is -0.497 e. The third-order valence-corrected chi connectivity index (χ3v) is 3.78. The minimum atomic E-state index is -0.355. The largest absolute Gasteiger partial charge is 0.497 e. The Balaban J connectivity index is 2.00.